The highest BCUT2D eigenvalue weighted by molar-refractivity contribution is 5.62. The first-order chi connectivity index (χ1) is 9.67. The normalized spacial score (nSPS) is 28.8. The molecule has 0 radical (unpaired) electrons. The average Bonchev–Trinajstić information content (AvgIpc) is 2.97. The molecule has 0 fully saturated rings. The summed E-state index contributed by atoms with van der Waals surface area (Å²) in [5.74, 6) is 0. The molecule has 0 saturated carbocycles. The Labute approximate surface area is 120 Å². The van der Waals surface area contributed by atoms with Gasteiger partial charge in [0.05, 0.1) is 19.0 Å². The number of nitrogens with zero attached hydrogens (tertiary/aromatic N) is 2. The molecule has 104 valence electrons. The number of benzene rings is 1. The van der Waals surface area contributed by atoms with Gasteiger partial charge in [-0.05, 0) is 24.1 Å². The first kappa shape index (κ1) is 13.1. The molecule has 1 N–H and O–H groups in total. The Bertz CT molecular complexity index is 562. The second-order valence-electron chi connectivity index (χ2n) is 5.75. The molecular formula is C17H20N2O. The van der Waals surface area contributed by atoms with E-state index >= 15 is 0 Å². The largest absolute Gasteiger partial charge is 0.388 e. The van der Waals surface area contributed by atoms with Crippen LogP contribution in [0.5, 0.6) is 0 Å². The maximum absolute atomic E-state index is 10.5. The minimum atomic E-state index is -0.475. The van der Waals surface area contributed by atoms with Crippen molar-refractivity contribution in [1.29, 1.82) is 0 Å². The van der Waals surface area contributed by atoms with E-state index in [0.717, 1.165) is 25.2 Å². The van der Waals surface area contributed by atoms with E-state index in [1.54, 1.807) is 0 Å². The summed E-state index contributed by atoms with van der Waals surface area (Å²) in [6.07, 6.45) is 8.39. The number of aliphatic hydroxyl groups excluding tert-OH is 1. The summed E-state index contributed by atoms with van der Waals surface area (Å²) in [5.41, 5.74) is 2.05. The fourth-order valence-corrected chi connectivity index (χ4v) is 2.75. The third-order valence-corrected chi connectivity index (χ3v) is 4.09. The van der Waals surface area contributed by atoms with Crippen LogP contribution in [0.3, 0.4) is 0 Å². The molecule has 0 amide bonds. The van der Waals surface area contributed by atoms with Crippen LogP contribution in [0, 0.1) is 5.41 Å². The molecule has 0 bridgehead atoms. The van der Waals surface area contributed by atoms with Gasteiger partial charge in [0.2, 0.25) is 0 Å². The minimum Gasteiger partial charge on any atom is -0.388 e. The Balaban J connectivity index is 1.76. The van der Waals surface area contributed by atoms with E-state index < -0.39 is 6.10 Å². The lowest BCUT2D eigenvalue weighted by atomic mass is 9.75. The van der Waals surface area contributed by atoms with Crippen LogP contribution in [0.25, 0.3) is 0 Å². The highest BCUT2D eigenvalue weighted by Crippen LogP contribution is 2.34. The number of hydrogen-bond acceptors (Lipinski definition) is 3. The summed E-state index contributed by atoms with van der Waals surface area (Å²) in [6.45, 7) is 3.84. The van der Waals surface area contributed by atoms with Gasteiger partial charge in [-0.2, -0.15) is 0 Å². The Hall–Kier alpha value is -1.87. The maximum atomic E-state index is 10.5. The topological polar surface area (TPSA) is 35.8 Å². The Morgan fingerprint density at radius 2 is 2.15 bits per heavy atom. The van der Waals surface area contributed by atoms with E-state index in [1.165, 1.54) is 5.56 Å². The van der Waals surface area contributed by atoms with Crippen molar-refractivity contribution >= 4 is 6.34 Å². The summed E-state index contributed by atoms with van der Waals surface area (Å²) >= 11 is 0. The van der Waals surface area contributed by atoms with Crippen LogP contribution in [0.2, 0.25) is 0 Å². The monoisotopic (exact) mass is 268 g/mol. The maximum Gasteiger partial charge on any atom is 0.0895 e. The zero-order chi connectivity index (χ0) is 14.0. The van der Waals surface area contributed by atoms with Gasteiger partial charge in [-0.3, -0.25) is 4.99 Å². The van der Waals surface area contributed by atoms with Gasteiger partial charge in [0, 0.05) is 17.7 Å². The highest BCUT2D eigenvalue weighted by atomic mass is 16.3. The zero-order valence-corrected chi connectivity index (χ0v) is 11.7. The van der Waals surface area contributed by atoms with Crippen LogP contribution in [-0.2, 0) is 6.42 Å². The van der Waals surface area contributed by atoms with Crippen LogP contribution >= 0.6 is 0 Å². The number of aliphatic hydroxyl groups is 1. The Morgan fingerprint density at radius 3 is 2.80 bits per heavy atom. The first-order valence-corrected chi connectivity index (χ1v) is 7.07. The van der Waals surface area contributed by atoms with Gasteiger partial charge in [-0.15, -0.1) is 0 Å². The van der Waals surface area contributed by atoms with Crippen molar-refractivity contribution < 1.29 is 5.11 Å². The smallest absolute Gasteiger partial charge is 0.0895 e. The molecule has 0 saturated heterocycles. The van der Waals surface area contributed by atoms with Crippen molar-refractivity contribution in [2.24, 2.45) is 10.4 Å². The van der Waals surface area contributed by atoms with Crippen molar-refractivity contribution in [2.45, 2.75) is 19.4 Å². The Kier molecular flexibility index (Phi) is 3.45. The SMILES string of the molecule is CC1(Cc2ccccc2)C=CC(N2C=NCC2)=CC1O. The fraction of sp³-hybridized carbons (Fsp3) is 0.353. The van der Waals surface area contributed by atoms with E-state index in [2.05, 4.69) is 41.1 Å². The molecule has 20 heavy (non-hydrogen) atoms. The molecule has 1 aliphatic carbocycles. The van der Waals surface area contributed by atoms with Gasteiger partial charge in [0.1, 0.15) is 0 Å². The van der Waals surface area contributed by atoms with Crippen molar-refractivity contribution in [1.82, 2.24) is 4.90 Å². The second-order valence-corrected chi connectivity index (χ2v) is 5.75. The van der Waals surface area contributed by atoms with Crippen molar-refractivity contribution in [3.8, 4) is 0 Å². The van der Waals surface area contributed by atoms with E-state index in [-0.39, 0.29) is 5.41 Å². The van der Waals surface area contributed by atoms with Crippen molar-refractivity contribution in [3.05, 3.63) is 59.8 Å². The predicted molar refractivity (Wildman–Crippen MR) is 81.5 cm³/mol. The third kappa shape index (κ3) is 2.54. The lowest BCUT2D eigenvalue weighted by Crippen LogP contribution is -2.35. The quantitative estimate of drug-likeness (QED) is 0.913. The molecule has 1 aromatic carbocycles. The standard InChI is InChI=1S/C17H20N2O/c1-17(12-14-5-3-2-4-6-14)8-7-15(11-16(17)20)19-10-9-18-13-19/h2-8,11,13,16,20H,9-10,12H2,1H3. The molecule has 0 spiro atoms. The summed E-state index contributed by atoms with van der Waals surface area (Å²) in [6, 6.07) is 10.3. The molecule has 0 aromatic heterocycles. The lowest BCUT2D eigenvalue weighted by Gasteiger charge is -2.34. The van der Waals surface area contributed by atoms with Gasteiger partial charge < -0.3 is 10.0 Å². The fourth-order valence-electron chi connectivity index (χ4n) is 2.75. The Morgan fingerprint density at radius 1 is 1.35 bits per heavy atom. The molecule has 1 aliphatic heterocycles. The second kappa shape index (κ2) is 5.25. The molecule has 1 heterocycles. The van der Waals surface area contributed by atoms with Crippen LogP contribution in [0.15, 0.2) is 59.2 Å². The van der Waals surface area contributed by atoms with Crippen LogP contribution in [-0.4, -0.2) is 35.5 Å². The number of hydrogen-bond donors (Lipinski definition) is 1. The molecule has 3 rings (SSSR count). The molecule has 2 atom stereocenters. The van der Waals surface area contributed by atoms with Crippen LogP contribution in [0.1, 0.15) is 12.5 Å². The first-order valence-electron chi connectivity index (χ1n) is 7.07. The highest BCUT2D eigenvalue weighted by Gasteiger charge is 2.32. The van der Waals surface area contributed by atoms with Gasteiger partial charge in [-0.25, -0.2) is 0 Å². The molecule has 2 unspecified atom stereocenters. The van der Waals surface area contributed by atoms with Gasteiger partial charge in [0.25, 0.3) is 0 Å². The summed E-state index contributed by atoms with van der Waals surface area (Å²) in [7, 11) is 0. The van der Waals surface area contributed by atoms with Crippen molar-refractivity contribution in [2.75, 3.05) is 13.1 Å². The molecule has 2 aliphatic rings. The summed E-state index contributed by atoms with van der Waals surface area (Å²) in [4.78, 5) is 6.30. The number of allylic oxidation sites excluding steroid dienone is 1. The zero-order valence-electron chi connectivity index (χ0n) is 11.7. The minimum absolute atomic E-state index is 0.248. The molecule has 3 nitrogen and oxygen atoms in total. The molecule has 3 heteroatoms. The molecular weight excluding hydrogens is 248 g/mol. The van der Waals surface area contributed by atoms with Crippen molar-refractivity contribution in [3.63, 3.8) is 0 Å². The van der Waals surface area contributed by atoms with Crippen LogP contribution in [0.4, 0.5) is 0 Å². The third-order valence-electron chi connectivity index (χ3n) is 4.09. The average molecular weight is 268 g/mol. The summed E-state index contributed by atoms with van der Waals surface area (Å²) < 4.78 is 0. The van der Waals surface area contributed by atoms with Gasteiger partial charge in [-0.1, -0.05) is 43.3 Å². The van der Waals surface area contributed by atoms with E-state index in [4.69, 9.17) is 0 Å². The summed E-state index contributed by atoms with van der Waals surface area (Å²) in [5, 5.41) is 10.5. The molecule has 1 aromatic rings. The van der Waals surface area contributed by atoms with Gasteiger partial charge in [0.15, 0.2) is 0 Å². The van der Waals surface area contributed by atoms with Gasteiger partial charge >= 0.3 is 0 Å². The van der Waals surface area contributed by atoms with Crippen LogP contribution < -0.4 is 0 Å². The number of rotatable bonds is 3. The van der Waals surface area contributed by atoms with E-state index in [0.29, 0.717) is 0 Å². The lowest BCUT2D eigenvalue weighted by molar-refractivity contribution is 0.108. The predicted octanol–water partition coefficient (Wildman–Crippen LogP) is 2.39. The van der Waals surface area contributed by atoms with E-state index in [1.807, 2.05) is 30.6 Å². The van der Waals surface area contributed by atoms with E-state index in [9.17, 15) is 5.11 Å². The number of aliphatic imine (C=N–C) groups is 1.